The Bertz CT molecular complexity index is 893. The third kappa shape index (κ3) is 6.97. The van der Waals surface area contributed by atoms with Gasteiger partial charge in [-0.25, -0.2) is 9.78 Å². The lowest BCUT2D eigenvalue weighted by atomic mass is 10.2. The van der Waals surface area contributed by atoms with Crippen LogP contribution in [0.2, 0.25) is 0 Å². The van der Waals surface area contributed by atoms with Crippen molar-refractivity contribution >= 4 is 17.7 Å². The Kier molecular flexibility index (Phi) is 6.32. The monoisotopic (exact) mass is 448 g/mol. The van der Waals surface area contributed by atoms with E-state index in [2.05, 4.69) is 14.7 Å². The number of hydrogen-bond donors (Lipinski definition) is 2. The number of rotatable bonds is 4. The zero-order valence-electron chi connectivity index (χ0n) is 14.2. The van der Waals surface area contributed by atoms with Crippen LogP contribution in [-0.2, 0) is 12.4 Å². The number of urea groups is 1. The topological polar surface area (TPSA) is 76.1 Å². The first-order valence-electron chi connectivity index (χ1n) is 7.54. The number of anilines is 2. The molecule has 0 unspecified atom stereocenters. The van der Waals surface area contributed by atoms with Crippen molar-refractivity contribution in [3.63, 3.8) is 0 Å². The molecule has 0 saturated carbocycles. The first kappa shape index (κ1) is 23.0. The fraction of sp³-hybridized carbons (Fsp3) is 0.267. The molecule has 1 aromatic carbocycles. The number of alkyl halides is 9. The fourth-order valence-electron chi connectivity index (χ4n) is 1.86. The molecule has 15 heteroatoms. The predicted molar refractivity (Wildman–Crippen MR) is 82.7 cm³/mol. The van der Waals surface area contributed by atoms with Crippen LogP contribution in [0.5, 0.6) is 5.88 Å². The van der Waals surface area contributed by atoms with Crippen molar-refractivity contribution < 1.29 is 49.0 Å². The van der Waals surface area contributed by atoms with Crippen LogP contribution in [0.3, 0.4) is 0 Å². The van der Waals surface area contributed by atoms with E-state index in [4.69, 9.17) is 0 Å². The highest BCUT2D eigenvalue weighted by Gasteiger charge is 2.35. The van der Waals surface area contributed by atoms with Gasteiger partial charge >= 0.3 is 24.6 Å². The predicted octanol–water partition coefficient (Wildman–Crippen LogP) is 5.10. The van der Waals surface area contributed by atoms with E-state index >= 15 is 0 Å². The second-order valence-electron chi connectivity index (χ2n) is 5.47. The molecule has 164 valence electrons. The lowest BCUT2D eigenvalue weighted by Gasteiger charge is -2.13. The van der Waals surface area contributed by atoms with Crippen molar-refractivity contribution in [3.8, 4) is 5.88 Å². The lowest BCUT2D eigenvalue weighted by Crippen LogP contribution is -2.23. The third-order valence-electron chi connectivity index (χ3n) is 3.07. The summed E-state index contributed by atoms with van der Waals surface area (Å²) in [6, 6.07) is 1.85. The minimum atomic E-state index is -5.10. The zero-order chi connectivity index (χ0) is 22.7. The van der Waals surface area contributed by atoms with Gasteiger partial charge in [0.25, 0.3) is 0 Å². The van der Waals surface area contributed by atoms with Gasteiger partial charge in [0.15, 0.2) is 12.3 Å². The molecule has 2 aromatic rings. The van der Waals surface area contributed by atoms with E-state index in [9.17, 15) is 44.3 Å². The number of halogens is 9. The van der Waals surface area contributed by atoms with Gasteiger partial charge in [0, 0.05) is 11.8 Å². The molecule has 1 heterocycles. The van der Waals surface area contributed by atoms with Crippen LogP contribution in [0.15, 0.2) is 30.3 Å². The molecule has 0 spiro atoms. The number of hydrogen-bond acceptors (Lipinski definition) is 4. The van der Waals surface area contributed by atoms with E-state index in [0.29, 0.717) is 12.1 Å². The van der Waals surface area contributed by atoms with Gasteiger partial charge in [-0.3, -0.25) is 5.32 Å². The van der Waals surface area contributed by atoms with Crippen LogP contribution in [-0.4, -0.2) is 28.8 Å². The fourth-order valence-corrected chi connectivity index (χ4v) is 1.86. The van der Waals surface area contributed by atoms with Crippen LogP contribution in [0.25, 0.3) is 0 Å². The van der Waals surface area contributed by atoms with Gasteiger partial charge in [0.1, 0.15) is 0 Å². The van der Waals surface area contributed by atoms with E-state index in [-0.39, 0.29) is 11.8 Å². The van der Waals surface area contributed by atoms with Crippen molar-refractivity contribution in [1.82, 2.24) is 9.97 Å². The molecule has 0 radical (unpaired) electrons. The lowest BCUT2D eigenvalue weighted by molar-refractivity contribution is -0.154. The minimum Gasteiger partial charge on any atom is -0.468 e. The highest BCUT2D eigenvalue weighted by Crippen LogP contribution is 2.31. The number of benzene rings is 1. The average Bonchev–Trinajstić information content (AvgIpc) is 2.58. The SMILES string of the molecule is O=C(Nc1ccc(C(F)(F)F)cc1)Nc1nc(OCC(F)(F)F)cc(C(F)(F)F)n1. The van der Waals surface area contributed by atoms with Crippen LogP contribution in [0.1, 0.15) is 11.3 Å². The Hall–Kier alpha value is -3.26. The number of carbonyl (C=O) groups is 1. The summed E-state index contributed by atoms with van der Waals surface area (Å²) in [6.45, 7) is -1.95. The average molecular weight is 448 g/mol. The summed E-state index contributed by atoms with van der Waals surface area (Å²) in [5.41, 5.74) is -2.87. The van der Waals surface area contributed by atoms with Crippen molar-refractivity contribution in [2.45, 2.75) is 18.5 Å². The van der Waals surface area contributed by atoms with Crippen molar-refractivity contribution in [2.75, 3.05) is 17.2 Å². The van der Waals surface area contributed by atoms with Crippen LogP contribution >= 0.6 is 0 Å². The summed E-state index contributed by atoms with van der Waals surface area (Å²) < 4.78 is 117. The first-order valence-corrected chi connectivity index (χ1v) is 7.54. The maximum absolute atomic E-state index is 12.9. The van der Waals surface area contributed by atoms with Gasteiger partial charge in [-0.05, 0) is 24.3 Å². The van der Waals surface area contributed by atoms with Gasteiger partial charge in [0.2, 0.25) is 11.8 Å². The molecule has 0 atom stereocenters. The van der Waals surface area contributed by atoms with Crippen LogP contribution < -0.4 is 15.4 Å². The molecular weight excluding hydrogens is 439 g/mol. The Labute approximate surface area is 161 Å². The van der Waals surface area contributed by atoms with E-state index in [0.717, 1.165) is 12.1 Å². The summed E-state index contributed by atoms with van der Waals surface area (Å²) in [5.74, 6) is -2.16. The highest BCUT2D eigenvalue weighted by atomic mass is 19.4. The number of carbonyl (C=O) groups excluding carboxylic acids is 1. The summed E-state index contributed by atoms with van der Waals surface area (Å²) in [7, 11) is 0. The molecule has 0 aliphatic carbocycles. The summed E-state index contributed by atoms with van der Waals surface area (Å²) in [6.07, 6.45) is -14.6. The molecule has 0 fully saturated rings. The molecule has 30 heavy (non-hydrogen) atoms. The molecule has 0 saturated heterocycles. The second-order valence-corrected chi connectivity index (χ2v) is 5.47. The molecule has 2 rings (SSSR count). The van der Waals surface area contributed by atoms with E-state index in [1.807, 2.05) is 5.32 Å². The third-order valence-corrected chi connectivity index (χ3v) is 3.07. The zero-order valence-corrected chi connectivity index (χ0v) is 14.2. The molecule has 2 amide bonds. The minimum absolute atomic E-state index is 0.102. The Morgan fingerprint density at radius 3 is 1.97 bits per heavy atom. The maximum Gasteiger partial charge on any atom is 0.433 e. The van der Waals surface area contributed by atoms with Crippen LogP contribution in [0.4, 0.5) is 55.9 Å². The number of nitrogens with zero attached hydrogens (tertiary/aromatic N) is 2. The number of ether oxygens (including phenoxy) is 1. The molecule has 0 aliphatic rings. The normalized spacial score (nSPS) is 12.4. The van der Waals surface area contributed by atoms with Gasteiger partial charge in [-0.1, -0.05) is 0 Å². The Morgan fingerprint density at radius 2 is 1.47 bits per heavy atom. The molecule has 0 bridgehead atoms. The van der Waals surface area contributed by atoms with Gasteiger partial charge < -0.3 is 10.1 Å². The summed E-state index contributed by atoms with van der Waals surface area (Å²) in [4.78, 5) is 18.0. The standard InChI is InChI=1S/C15H9F9N4O2/c16-13(17,18)6-30-10-5-9(15(22,23)24)26-11(27-10)28-12(29)25-8-3-1-7(2-4-8)14(19,20)21/h1-5H,6H2,(H2,25,26,27,28,29). The Balaban J connectivity index is 2.16. The highest BCUT2D eigenvalue weighted by molar-refractivity contribution is 5.98. The van der Waals surface area contributed by atoms with Crippen LogP contribution in [0, 0.1) is 0 Å². The quantitative estimate of drug-likeness (QED) is 0.639. The van der Waals surface area contributed by atoms with Crippen molar-refractivity contribution in [2.24, 2.45) is 0 Å². The first-order chi connectivity index (χ1) is 13.6. The number of amides is 2. The molecular formula is C15H9F9N4O2. The van der Waals surface area contributed by atoms with Gasteiger partial charge in [-0.15, -0.1) is 0 Å². The number of nitrogens with one attached hydrogen (secondary N) is 2. The van der Waals surface area contributed by atoms with E-state index in [1.54, 1.807) is 5.32 Å². The summed E-state index contributed by atoms with van der Waals surface area (Å²) >= 11 is 0. The van der Waals surface area contributed by atoms with Gasteiger partial charge in [0.05, 0.1) is 5.56 Å². The van der Waals surface area contributed by atoms with Crippen molar-refractivity contribution in [3.05, 3.63) is 41.6 Å². The number of aromatic nitrogens is 2. The van der Waals surface area contributed by atoms with Gasteiger partial charge in [-0.2, -0.15) is 44.5 Å². The van der Waals surface area contributed by atoms with Crippen molar-refractivity contribution in [1.29, 1.82) is 0 Å². The molecule has 1 aromatic heterocycles. The molecule has 6 nitrogen and oxygen atoms in total. The largest absolute Gasteiger partial charge is 0.468 e. The van der Waals surface area contributed by atoms with E-state index < -0.39 is 54.3 Å². The smallest absolute Gasteiger partial charge is 0.433 e. The maximum atomic E-state index is 12.9. The molecule has 2 N–H and O–H groups in total. The Morgan fingerprint density at radius 1 is 0.867 bits per heavy atom. The summed E-state index contributed by atoms with van der Waals surface area (Å²) in [5, 5.41) is 3.73. The molecule has 0 aliphatic heterocycles. The van der Waals surface area contributed by atoms with E-state index in [1.165, 1.54) is 0 Å². The second kappa shape index (κ2) is 8.23.